The highest BCUT2D eigenvalue weighted by atomic mass is 16.5. The van der Waals surface area contributed by atoms with Crippen LogP contribution in [0.15, 0.2) is 24.3 Å². The fraction of sp³-hybridized carbons (Fsp3) is 0.500. The molecule has 0 atom stereocenters. The molecule has 0 bridgehead atoms. The number of ketones is 1. The fourth-order valence-corrected chi connectivity index (χ4v) is 2.00. The fourth-order valence-electron chi connectivity index (χ4n) is 2.00. The van der Waals surface area contributed by atoms with Crippen LogP contribution in [-0.4, -0.2) is 12.4 Å². The normalized spacial score (nSPS) is 15.6. The van der Waals surface area contributed by atoms with Gasteiger partial charge in [-0.3, -0.25) is 4.79 Å². The quantitative estimate of drug-likeness (QED) is 0.707. The van der Waals surface area contributed by atoms with Crippen LogP contribution in [0.2, 0.25) is 0 Å². The molecule has 1 aliphatic rings. The molecular weight excluding hydrogens is 200 g/mol. The van der Waals surface area contributed by atoms with Gasteiger partial charge in [-0.15, -0.1) is 0 Å². The maximum atomic E-state index is 11.9. The first-order valence-electron chi connectivity index (χ1n) is 6.05. The second-order valence-corrected chi connectivity index (χ2v) is 4.39. The minimum Gasteiger partial charge on any atom is -0.494 e. The molecule has 0 unspecified atom stereocenters. The summed E-state index contributed by atoms with van der Waals surface area (Å²) < 4.78 is 5.39. The highest BCUT2D eigenvalue weighted by Crippen LogP contribution is 2.30. The van der Waals surface area contributed by atoms with E-state index in [4.69, 9.17) is 4.74 Å². The third-order valence-corrected chi connectivity index (χ3v) is 3.17. The maximum Gasteiger partial charge on any atom is 0.163 e. The van der Waals surface area contributed by atoms with Gasteiger partial charge in [0.25, 0.3) is 0 Å². The van der Waals surface area contributed by atoms with Gasteiger partial charge in [0.2, 0.25) is 0 Å². The van der Waals surface area contributed by atoms with Crippen LogP contribution >= 0.6 is 0 Å². The smallest absolute Gasteiger partial charge is 0.163 e. The molecule has 2 rings (SSSR count). The third kappa shape index (κ3) is 2.63. The number of ether oxygens (including phenoxy) is 1. The highest BCUT2D eigenvalue weighted by molar-refractivity contribution is 5.96. The van der Waals surface area contributed by atoms with Crippen LogP contribution in [0.25, 0.3) is 0 Å². The number of carbonyl (C=O) groups is 1. The van der Waals surface area contributed by atoms with Crippen molar-refractivity contribution in [2.24, 2.45) is 5.92 Å². The number of hydrogen-bond acceptors (Lipinski definition) is 2. The second kappa shape index (κ2) is 5.15. The Labute approximate surface area is 96.6 Å². The molecule has 0 saturated heterocycles. The molecule has 0 N–H and O–H groups in total. The predicted octanol–water partition coefficient (Wildman–Crippen LogP) is 3.46. The summed E-state index contributed by atoms with van der Waals surface area (Å²) in [6.07, 6.45) is 4.43. The molecule has 0 heterocycles. The summed E-state index contributed by atoms with van der Waals surface area (Å²) in [6.45, 7) is 2.59. The van der Waals surface area contributed by atoms with E-state index in [2.05, 4.69) is 0 Å². The molecule has 1 saturated carbocycles. The molecule has 2 nitrogen and oxygen atoms in total. The monoisotopic (exact) mass is 218 g/mol. The molecule has 2 heteroatoms. The van der Waals surface area contributed by atoms with Crippen molar-refractivity contribution in [3.63, 3.8) is 0 Å². The Morgan fingerprint density at radius 3 is 2.88 bits per heavy atom. The van der Waals surface area contributed by atoms with Gasteiger partial charge in [-0.2, -0.15) is 0 Å². The number of hydrogen-bond donors (Lipinski definition) is 0. The van der Waals surface area contributed by atoms with Crippen molar-refractivity contribution in [1.29, 1.82) is 0 Å². The highest BCUT2D eigenvalue weighted by Gasteiger charge is 2.21. The molecule has 0 spiro atoms. The van der Waals surface area contributed by atoms with Crippen molar-refractivity contribution >= 4 is 5.78 Å². The van der Waals surface area contributed by atoms with Gasteiger partial charge < -0.3 is 4.74 Å². The first-order valence-corrected chi connectivity index (χ1v) is 6.05. The summed E-state index contributed by atoms with van der Waals surface area (Å²) in [7, 11) is 0. The van der Waals surface area contributed by atoms with Crippen LogP contribution in [0.1, 0.15) is 43.0 Å². The number of benzene rings is 1. The average molecular weight is 218 g/mol. The Balaban J connectivity index is 2.00. The molecule has 0 radical (unpaired) electrons. The molecule has 1 aromatic carbocycles. The van der Waals surface area contributed by atoms with Crippen molar-refractivity contribution in [3.05, 3.63) is 29.8 Å². The van der Waals surface area contributed by atoms with Gasteiger partial charge in [-0.05, 0) is 25.0 Å². The Morgan fingerprint density at radius 2 is 2.25 bits per heavy atom. The summed E-state index contributed by atoms with van der Waals surface area (Å²) in [6, 6.07) is 7.51. The molecule has 16 heavy (non-hydrogen) atoms. The molecule has 1 aliphatic carbocycles. The summed E-state index contributed by atoms with van der Waals surface area (Å²) in [5.74, 6) is 1.68. The van der Waals surface area contributed by atoms with Crippen molar-refractivity contribution in [2.45, 2.75) is 32.6 Å². The van der Waals surface area contributed by atoms with E-state index in [0.29, 0.717) is 18.9 Å². The molecule has 86 valence electrons. The maximum absolute atomic E-state index is 11.9. The van der Waals surface area contributed by atoms with E-state index in [9.17, 15) is 4.79 Å². The molecule has 1 fully saturated rings. The first kappa shape index (κ1) is 11.2. The number of carbonyl (C=O) groups excluding carboxylic acids is 1. The van der Waals surface area contributed by atoms with E-state index in [-0.39, 0.29) is 5.78 Å². The minimum absolute atomic E-state index is 0.256. The number of Topliss-reactive ketones (excluding diaryl/α,β-unsaturated/α-hetero) is 1. The Kier molecular flexibility index (Phi) is 3.60. The zero-order chi connectivity index (χ0) is 11.4. The first-order chi connectivity index (χ1) is 7.79. The van der Waals surface area contributed by atoms with Crippen LogP contribution in [0.4, 0.5) is 0 Å². The van der Waals surface area contributed by atoms with Gasteiger partial charge in [-0.25, -0.2) is 0 Å². The van der Waals surface area contributed by atoms with Crippen molar-refractivity contribution in [3.8, 4) is 5.75 Å². The van der Waals surface area contributed by atoms with Crippen LogP contribution < -0.4 is 4.74 Å². The predicted molar refractivity (Wildman–Crippen MR) is 63.9 cm³/mol. The van der Waals surface area contributed by atoms with Gasteiger partial charge in [0.1, 0.15) is 5.75 Å². The second-order valence-electron chi connectivity index (χ2n) is 4.39. The van der Waals surface area contributed by atoms with Crippen LogP contribution in [0.3, 0.4) is 0 Å². The third-order valence-electron chi connectivity index (χ3n) is 3.17. The van der Waals surface area contributed by atoms with E-state index < -0.39 is 0 Å². The van der Waals surface area contributed by atoms with E-state index in [1.54, 1.807) is 0 Å². The van der Waals surface area contributed by atoms with E-state index in [0.717, 1.165) is 11.3 Å². The Morgan fingerprint density at radius 1 is 1.44 bits per heavy atom. The molecule has 0 amide bonds. The zero-order valence-corrected chi connectivity index (χ0v) is 9.74. The molecule has 1 aromatic rings. The molecule has 0 aromatic heterocycles. The molecular formula is C14H18O2. The summed E-state index contributed by atoms with van der Waals surface area (Å²) in [5, 5.41) is 0. The summed E-state index contributed by atoms with van der Waals surface area (Å²) >= 11 is 0. The Hall–Kier alpha value is -1.31. The van der Waals surface area contributed by atoms with E-state index in [1.165, 1.54) is 19.3 Å². The zero-order valence-electron chi connectivity index (χ0n) is 9.74. The van der Waals surface area contributed by atoms with Gasteiger partial charge in [0.15, 0.2) is 5.78 Å². The van der Waals surface area contributed by atoms with E-state index >= 15 is 0 Å². The van der Waals surface area contributed by atoms with E-state index in [1.807, 2.05) is 31.2 Å². The largest absolute Gasteiger partial charge is 0.494 e. The Bertz CT molecular complexity index is 367. The van der Waals surface area contributed by atoms with Crippen LogP contribution in [0.5, 0.6) is 5.75 Å². The van der Waals surface area contributed by atoms with Crippen molar-refractivity contribution in [2.75, 3.05) is 6.61 Å². The van der Waals surface area contributed by atoms with Crippen molar-refractivity contribution in [1.82, 2.24) is 0 Å². The average Bonchev–Trinajstić information content (AvgIpc) is 2.24. The summed E-state index contributed by atoms with van der Waals surface area (Å²) in [5.41, 5.74) is 0.790. The summed E-state index contributed by atoms with van der Waals surface area (Å²) in [4.78, 5) is 11.9. The standard InChI is InChI=1S/C14H18O2/c1-2-16-13-8-4-7-12(10-13)14(15)9-11-5-3-6-11/h4,7-8,10-11H,2-3,5-6,9H2,1H3. The van der Waals surface area contributed by atoms with Crippen molar-refractivity contribution < 1.29 is 9.53 Å². The lowest BCUT2D eigenvalue weighted by molar-refractivity contribution is 0.0936. The van der Waals surface area contributed by atoms with Gasteiger partial charge >= 0.3 is 0 Å². The van der Waals surface area contributed by atoms with Crippen LogP contribution in [0, 0.1) is 5.92 Å². The minimum atomic E-state index is 0.256. The van der Waals surface area contributed by atoms with Gasteiger partial charge in [-0.1, -0.05) is 31.4 Å². The number of rotatable bonds is 5. The SMILES string of the molecule is CCOc1cccc(C(=O)CC2CCC2)c1. The van der Waals surface area contributed by atoms with Gasteiger partial charge in [0.05, 0.1) is 6.61 Å². The molecule has 0 aliphatic heterocycles. The lowest BCUT2D eigenvalue weighted by Gasteiger charge is -2.24. The lowest BCUT2D eigenvalue weighted by atomic mass is 9.81. The topological polar surface area (TPSA) is 26.3 Å². The lowest BCUT2D eigenvalue weighted by Crippen LogP contribution is -2.15. The van der Waals surface area contributed by atoms with Crippen LogP contribution in [-0.2, 0) is 0 Å². The van der Waals surface area contributed by atoms with Gasteiger partial charge in [0, 0.05) is 12.0 Å².